The first-order valence-electron chi connectivity index (χ1n) is 11.7. The molecule has 0 aliphatic carbocycles. The average molecular weight is 481 g/mol. The smallest absolute Gasteiger partial charge is 0.214 e. The van der Waals surface area contributed by atoms with E-state index in [1.165, 1.54) is 0 Å². The van der Waals surface area contributed by atoms with Gasteiger partial charge in [-0.15, -0.1) is 0 Å². The Kier molecular flexibility index (Phi) is 7.48. The van der Waals surface area contributed by atoms with Crippen LogP contribution in [0, 0.1) is 6.92 Å². The lowest BCUT2D eigenvalue weighted by molar-refractivity contribution is 0.383. The number of piperazine rings is 1. The van der Waals surface area contributed by atoms with Crippen molar-refractivity contribution in [2.45, 2.75) is 26.7 Å². The van der Waals surface area contributed by atoms with Crippen LogP contribution in [0.3, 0.4) is 0 Å². The Morgan fingerprint density at radius 3 is 2.24 bits per heavy atom. The van der Waals surface area contributed by atoms with Crippen molar-refractivity contribution >= 4 is 15.8 Å². The molecule has 7 nitrogen and oxygen atoms in total. The number of hydrogen-bond acceptors (Lipinski definition) is 6. The zero-order valence-electron chi connectivity index (χ0n) is 20.1. The van der Waals surface area contributed by atoms with Gasteiger partial charge >= 0.3 is 0 Å². The maximum atomic E-state index is 12.6. The highest BCUT2D eigenvalue weighted by Crippen LogP contribution is 2.29. The minimum absolute atomic E-state index is 0.195. The number of aromatic nitrogens is 2. The van der Waals surface area contributed by atoms with Crippen LogP contribution in [0.5, 0.6) is 5.75 Å². The van der Waals surface area contributed by atoms with Crippen molar-refractivity contribution in [1.29, 1.82) is 0 Å². The summed E-state index contributed by atoms with van der Waals surface area (Å²) in [6, 6.07) is 18.0. The lowest BCUT2D eigenvalue weighted by atomic mass is 10.0. The number of aryl methyl sites for hydroxylation is 1. The van der Waals surface area contributed by atoms with Gasteiger partial charge in [0, 0.05) is 49.4 Å². The standard InChI is InChI=1S/C26H32N4O3S/c1-4-18-34(31,32)30-16-14-29(15-17-30)26-24(19-21-10-12-23(33-3)13-11-21)20(2)27-25(28-26)22-8-6-5-7-9-22/h5-13H,4,14-19H2,1-3H3. The van der Waals surface area contributed by atoms with Crippen LogP contribution in [0.4, 0.5) is 5.82 Å². The highest BCUT2D eigenvalue weighted by atomic mass is 32.2. The maximum absolute atomic E-state index is 12.6. The predicted octanol–water partition coefficient (Wildman–Crippen LogP) is 3.91. The molecule has 0 bridgehead atoms. The van der Waals surface area contributed by atoms with Gasteiger partial charge in [-0.25, -0.2) is 18.4 Å². The summed E-state index contributed by atoms with van der Waals surface area (Å²) in [5.41, 5.74) is 4.10. The first-order valence-corrected chi connectivity index (χ1v) is 13.3. The van der Waals surface area contributed by atoms with E-state index < -0.39 is 10.0 Å². The van der Waals surface area contributed by atoms with Gasteiger partial charge in [0.15, 0.2) is 5.82 Å². The van der Waals surface area contributed by atoms with Crippen molar-refractivity contribution in [3.05, 3.63) is 71.4 Å². The Hall–Kier alpha value is -2.97. The molecule has 0 spiro atoms. The highest BCUT2D eigenvalue weighted by molar-refractivity contribution is 7.89. The molecular weight excluding hydrogens is 448 g/mol. The van der Waals surface area contributed by atoms with Gasteiger partial charge in [-0.1, -0.05) is 49.4 Å². The molecule has 34 heavy (non-hydrogen) atoms. The summed E-state index contributed by atoms with van der Waals surface area (Å²) in [6.07, 6.45) is 1.31. The number of nitrogens with zero attached hydrogens (tertiary/aromatic N) is 4. The van der Waals surface area contributed by atoms with Crippen molar-refractivity contribution < 1.29 is 13.2 Å². The van der Waals surface area contributed by atoms with Gasteiger partial charge in [0.2, 0.25) is 10.0 Å². The van der Waals surface area contributed by atoms with Crippen molar-refractivity contribution in [3.8, 4) is 17.1 Å². The highest BCUT2D eigenvalue weighted by Gasteiger charge is 2.28. The maximum Gasteiger partial charge on any atom is 0.214 e. The van der Waals surface area contributed by atoms with Gasteiger partial charge in [-0.2, -0.15) is 4.31 Å². The molecule has 0 saturated carbocycles. The van der Waals surface area contributed by atoms with E-state index in [4.69, 9.17) is 14.7 Å². The molecule has 4 rings (SSSR count). The number of rotatable bonds is 8. The Bertz CT molecular complexity index is 1210. The molecule has 0 unspecified atom stereocenters. The van der Waals surface area contributed by atoms with E-state index in [-0.39, 0.29) is 5.75 Å². The van der Waals surface area contributed by atoms with Gasteiger partial charge in [0.25, 0.3) is 0 Å². The van der Waals surface area contributed by atoms with E-state index in [1.807, 2.05) is 56.3 Å². The molecular formula is C26H32N4O3S. The molecule has 1 fully saturated rings. The molecule has 0 N–H and O–H groups in total. The van der Waals surface area contributed by atoms with Crippen molar-refractivity contribution in [2.24, 2.45) is 0 Å². The van der Waals surface area contributed by atoms with Crippen LogP contribution in [-0.2, 0) is 16.4 Å². The number of sulfonamides is 1. The number of anilines is 1. The van der Waals surface area contributed by atoms with Crippen molar-refractivity contribution in [2.75, 3.05) is 43.9 Å². The second-order valence-corrected chi connectivity index (χ2v) is 10.6. The topological polar surface area (TPSA) is 75.6 Å². The van der Waals surface area contributed by atoms with Crippen LogP contribution in [-0.4, -0.2) is 61.7 Å². The first-order chi connectivity index (χ1) is 16.4. The number of benzene rings is 2. The molecule has 1 saturated heterocycles. The van der Waals surface area contributed by atoms with Crippen LogP contribution < -0.4 is 9.64 Å². The third-order valence-electron chi connectivity index (χ3n) is 6.16. The largest absolute Gasteiger partial charge is 0.497 e. The molecule has 2 heterocycles. The van der Waals surface area contributed by atoms with Crippen molar-refractivity contribution in [3.63, 3.8) is 0 Å². The second-order valence-electron chi connectivity index (χ2n) is 8.53. The minimum Gasteiger partial charge on any atom is -0.497 e. The van der Waals surface area contributed by atoms with Crippen LogP contribution in [0.1, 0.15) is 30.2 Å². The summed E-state index contributed by atoms with van der Waals surface area (Å²) in [7, 11) is -1.54. The SMILES string of the molecule is CCCS(=O)(=O)N1CCN(c2nc(-c3ccccc3)nc(C)c2Cc2ccc(OC)cc2)CC1. The molecule has 180 valence electrons. The van der Waals surface area contributed by atoms with Gasteiger partial charge < -0.3 is 9.64 Å². The van der Waals surface area contributed by atoms with Gasteiger partial charge in [-0.05, 0) is 31.0 Å². The van der Waals surface area contributed by atoms with Gasteiger partial charge in [0.1, 0.15) is 11.6 Å². The summed E-state index contributed by atoms with van der Waals surface area (Å²) < 4.78 is 32.0. The molecule has 1 aromatic heterocycles. The zero-order chi connectivity index (χ0) is 24.1. The van der Waals surface area contributed by atoms with E-state index in [0.29, 0.717) is 44.8 Å². The normalized spacial score (nSPS) is 14.9. The lowest BCUT2D eigenvalue weighted by Crippen LogP contribution is -2.49. The Labute approximate surface area is 202 Å². The molecule has 1 aliphatic rings. The summed E-state index contributed by atoms with van der Waals surface area (Å²) in [5.74, 6) is 2.59. The Morgan fingerprint density at radius 2 is 1.62 bits per heavy atom. The van der Waals surface area contributed by atoms with Gasteiger partial charge in [0.05, 0.1) is 12.9 Å². The lowest BCUT2D eigenvalue weighted by Gasteiger charge is -2.36. The Morgan fingerprint density at radius 1 is 0.941 bits per heavy atom. The van der Waals surface area contributed by atoms with E-state index in [9.17, 15) is 8.42 Å². The summed E-state index contributed by atoms with van der Waals surface area (Å²) >= 11 is 0. The molecule has 1 aliphatic heterocycles. The van der Waals surface area contributed by atoms with E-state index >= 15 is 0 Å². The number of methoxy groups -OCH3 is 1. The fourth-order valence-corrected chi connectivity index (χ4v) is 5.77. The molecule has 8 heteroatoms. The van der Waals surface area contributed by atoms with Gasteiger partial charge in [-0.3, -0.25) is 0 Å². The molecule has 0 radical (unpaired) electrons. The average Bonchev–Trinajstić information content (AvgIpc) is 2.86. The minimum atomic E-state index is -3.20. The summed E-state index contributed by atoms with van der Waals surface area (Å²) in [5, 5.41) is 0. The van der Waals surface area contributed by atoms with Crippen LogP contribution in [0.15, 0.2) is 54.6 Å². The molecule has 0 amide bonds. The summed E-state index contributed by atoms with van der Waals surface area (Å²) in [6.45, 7) is 6.06. The summed E-state index contributed by atoms with van der Waals surface area (Å²) in [4.78, 5) is 12.0. The van der Waals surface area contributed by atoms with Crippen LogP contribution in [0.25, 0.3) is 11.4 Å². The Balaban J connectivity index is 1.67. The predicted molar refractivity (Wildman–Crippen MR) is 136 cm³/mol. The molecule has 3 aromatic rings. The first kappa shape index (κ1) is 24.2. The fourth-order valence-electron chi connectivity index (χ4n) is 4.28. The third-order valence-corrected chi connectivity index (χ3v) is 8.23. The fraction of sp³-hybridized carbons (Fsp3) is 0.385. The third kappa shape index (κ3) is 5.39. The number of hydrogen-bond donors (Lipinski definition) is 0. The van der Waals surface area contributed by atoms with Crippen LogP contribution in [0.2, 0.25) is 0 Å². The molecule has 2 aromatic carbocycles. The monoisotopic (exact) mass is 480 g/mol. The van der Waals surface area contributed by atoms with E-state index in [1.54, 1.807) is 11.4 Å². The van der Waals surface area contributed by atoms with Crippen molar-refractivity contribution in [1.82, 2.24) is 14.3 Å². The van der Waals surface area contributed by atoms with E-state index in [0.717, 1.165) is 34.0 Å². The van der Waals surface area contributed by atoms with Crippen LogP contribution >= 0.6 is 0 Å². The van der Waals surface area contributed by atoms with E-state index in [2.05, 4.69) is 17.0 Å². The molecule has 0 atom stereocenters. The second kappa shape index (κ2) is 10.5. The quantitative estimate of drug-likeness (QED) is 0.487. The number of ether oxygens (including phenoxy) is 1. The zero-order valence-corrected chi connectivity index (χ0v) is 20.9.